The van der Waals surface area contributed by atoms with Crippen molar-refractivity contribution in [2.24, 2.45) is 0 Å². The molecule has 3 rings (SSSR count). The Morgan fingerprint density at radius 3 is 2.60 bits per heavy atom. The molecule has 0 unspecified atom stereocenters. The third-order valence-electron chi connectivity index (χ3n) is 4.65. The Bertz CT molecular complexity index is 403. The van der Waals surface area contributed by atoms with Crippen LogP contribution in [0.25, 0.3) is 0 Å². The van der Waals surface area contributed by atoms with Gasteiger partial charge in [-0.15, -0.1) is 0 Å². The Labute approximate surface area is 121 Å². The zero-order valence-corrected chi connectivity index (χ0v) is 12.0. The summed E-state index contributed by atoms with van der Waals surface area (Å²) in [5, 5.41) is 13.7. The minimum Gasteiger partial charge on any atom is -0.392 e. The summed E-state index contributed by atoms with van der Waals surface area (Å²) in [7, 11) is 0. The van der Waals surface area contributed by atoms with Gasteiger partial charge in [0.2, 0.25) is 0 Å². The summed E-state index contributed by atoms with van der Waals surface area (Å²) in [5.41, 5.74) is 0. The smallest absolute Gasteiger partial charge is 0.128 e. The molecule has 2 fully saturated rings. The highest BCUT2D eigenvalue weighted by Gasteiger charge is 2.27. The van der Waals surface area contributed by atoms with Gasteiger partial charge in [0.1, 0.15) is 5.82 Å². The van der Waals surface area contributed by atoms with Crippen molar-refractivity contribution in [3.8, 4) is 0 Å². The third kappa shape index (κ3) is 3.30. The minimum atomic E-state index is -0.141. The summed E-state index contributed by atoms with van der Waals surface area (Å²) in [5.74, 6) is 1.09. The monoisotopic (exact) mass is 275 g/mol. The largest absolute Gasteiger partial charge is 0.392 e. The third-order valence-corrected chi connectivity index (χ3v) is 4.65. The van der Waals surface area contributed by atoms with Gasteiger partial charge in [-0.3, -0.25) is 0 Å². The zero-order chi connectivity index (χ0) is 13.8. The van der Waals surface area contributed by atoms with Gasteiger partial charge in [0, 0.05) is 31.4 Å². The summed E-state index contributed by atoms with van der Waals surface area (Å²) < 4.78 is 0. The standard InChI is InChI=1S/C16H25N3O/c20-15-6-2-1-5-14(15)18-13-8-11-19(12-9-13)16-7-3-4-10-17-16/h3-4,7,10,13-15,18,20H,1-2,5-6,8-9,11-12H2/t14-,15+/m1/s1. The van der Waals surface area contributed by atoms with Crippen LogP contribution in [-0.4, -0.2) is 41.4 Å². The summed E-state index contributed by atoms with van der Waals surface area (Å²) in [4.78, 5) is 6.78. The second kappa shape index (κ2) is 6.55. The van der Waals surface area contributed by atoms with Gasteiger partial charge in [-0.1, -0.05) is 18.9 Å². The van der Waals surface area contributed by atoms with Crippen LogP contribution < -0.4 is 10.2 Å². The first-order valence-corrected chi connectivity index (χ1v) is 7.93. The Morgan fingerprint density at radius 2 is 1.90 bits per heavy atom. The topological polar surface area (TPSA) is 48.4 Å². The average Bonchev–Trinajstić information content (AvgIpc) is 2.51. The normalized spacial score (nSPS) is 28.6. The van der Waals surface area contributed by atoms with Crippen molar-refractivity contribution < 1.29 is 5.11 Å². The molecular weight excluding hydrogens is 250 g/mol. The average molecular weight is 275 g/mol. The van der Waals surface area contributed by atoms with Crippen molar-refractivity contribution >= 4 is 5.82 Å². The predicted molar refractivity (Wildman–Crippen MR) is 80.9 cm³/mol. The molecule has 1 saturated heterocycles. The van der Waals surface area contributed by atoms with E-state index in [-0.39, 0.29) is 6.10 Å². The fourth-order valence-electron chi connectivity index (χ4n) is 3.42. The number of pyridine rings is 1. The molecule has 1 aromatic rings. The van der Waals surface area contributed by atoms with E-state index >= 15 is 0 Å². The summed E-state index contributed by atoms with van der Waals surface area (Å²) in [6.07, 6.45) is 8.51. The molecule has 110 valence electrons. The molecule has 4 heteroatoms. The lowest BCUT2D eigenvalue weighted by Gasteiger charge is -2.37. The maximum absolute atomic E-state index is 10.0. The number of rotatable bonds is 3. The van der Waals surface area contributed by atoms with Crippen LogP contribution in [0.5, 0.6) is 0 Å². The molecule has 2 aliphatic rings. The number of piperidine rings is 1. The number of aliphatic hydroxyl groups excluding tert-OH is 1. The van der Waals surface area contributed by atoms with Crippen molar-refractivity contribution in [3.63, 3.8) is 0 Å². The van der Waals surface area contributed by atoms with Crippen molar-refractivity contribution in [2.45, 2.75) is 56.7 Å². The van der Waals surface area contributed by atoms with E-state index in [1.54, 1.807) is 0 Å². The highest BCUT2D eigenvalue weighted by Crippen LogP contribution is 2.22. The zero-order valence-electron chi connectivity index (χ0n) is 12.0. The van der Waals surface area contributed by atoms with Gasteiger partial charge in [0.25, 0.3) is 0 Å². The lowest BCUT2D eigenvalue weighted by Crippen LogP contribution is -2.51. The molecule has 1 aliphatic carbocycles. The van der Waals surface area contributed by atoms with E-state index in [0.717, 1.165) is 44.6 Å². The van der Waals surface area contributed by atoms with Crippen molar-refractivity contribution in [2.75, 3.05) is 18.0 Å². The molecule has 20 heavy (non-hydrogen) atoms. The van der Waals surface area contributed by atoms with Crippen LogP contribution in [-0.2, 0) is 0 Å². The summed E-state index contributed by atoms with van der Waals surface area (Å²) in [6, 6.07) is 6.95. The van der Waals surface area contributed by atoms with Gasteiger partial charge < -0.3 is 15.3 Å². The molecule has 0 bridgehead atoms. The van der Waals surface area contributed by atoms with Crippen LogP contribution in [0.4, 0.5) is 5.82 Å². The molecule has 2 heterocycles. The van der Waals surface area contributed by atoms with Crippen molar-refractivity contribution in [1.29, 1.82) is 0 Å². The Balaban J connectivity index is 1.49. The van der Waals surface area contributed by atoms with Crippen LogP contribution in [0.2, 0.25) is 0 Å². The first-order valence-electron chi connectivity index (χ1n) is 7.93. The summed E-state index contributed by atoms with van der Waals surface area (Å²) in [6.45, 7) is 2.11. The number of anilines is 1. The molecule has 1 saturated carbocycles. The fraction of sp³-hybridized carbons (Fsp3) is 0.688. The van der Waals surface area contributed by atoms with Crippen LogP contribution in [0.15, 0.2) is 24.4 Å². The second-order valence-electron chi connectivity index (χ2n) is 6.07. The van der Waals surface area contributed by atoms with Crippen LogP contribution >= 0.6 is 0 Å². The lowest BCUT2D eigenvalue weighted by atomic mass is 9.91. The van der Waals surface area contributed by atoms with E-state index < -0.39 is 0 Å². The van der Waals surface area contributed by atoms with Gasteiger partial charge in [0.15, 0.2) is 0 Å². The molecule has 1 aromatic heterocycles. The molecule has 0 amide bonds. The van der Waals surface area contributed by atoms with E-state index in [4.69, 9.17) is 0 Å². The number of nitrogens with one attached hydrogen (secondary N) is 1. The highest BCUT2D eigenvalue weighted by atomic mass is 16.3. The molecule has 1 aliphatic heterocycles. The van der Waals surface area contributed by atoms with Gasteiger partial charge in [-0.2, -0.15) is 0 Å². The number of aromatic nitrogens is 1. The SMILES string of the molecule is O[C@H]1CCCC[C@H]1NC1CCN(c2ccccn2)CC1. The fourth-order valence-corrected chi connectivity index (χ4v) is 3.42. The van der Waals surface area contributed by atoms with E-state index in [1.165, 1.54) is 12.8 Å². The highest BCUT2D eigenvalue weighted by molar-refractivity contribution is 5.38. The van der Waals surface area contributed by atoms with Gasteiger partial charge >= 0.3 is 0 Å². The second-order valence-corrected chi connectivity index (χ2v) is 6.07. The molecular formula is C16H25N3O. The van der Waals surface area contributed by atoms with Gasteiger partial charge in [0.05, 0.1) is 6.10 Å². The van der Waals surface area contributed by atoms with Gasteiger partial charge in [-0.05, 0) is 37.8 Å². The van der Waals surface area contributed by atoms with Crippen LogP contribution in [0.1, 0.15) is 38.5 Å². The Morgan fingerprint density at radius 1 is 1.10 bits per heavy atom. The minimum absolute atomic E-state index is 0.141. The molecule has 4 nitrogen and oxygen atoms in total. The van der Waals surface area contributed by atoms with E-state index in [1.807, 2.05) is 18.3 Å². The number of hydrogen-bond donors (Lipinski definition) is 2. The molecule has 2 atom stereocenters. The van der Waals surface area contributed by atoms with Crippen LogP contribution in [0, 0.1) is 0 Å². The maximum atomic E-state index is 10.0. The molecule has 2 N–H and O–H groups in total. The molecule has 0 radical (unpaired) electrons. The molecule has 0 aromatic carbocycles. The van der Waals surface area contributed by atoms with E-state index in [2.05, 4.69) is 21.3 Å². The van der Waals surface area contributed by atoms with Gasteiger partial charge in [-0.25, -0.2) is 4.98 Å². The number of aliphatic hydroxyl groups is 1. The van der Waals surface area contributed by atoms with E-state index in [0.29, 0.717) is 12.1 Å². The van der Waals surface area contributed by atoms with E-state index in [9.17, 15) is 5.11 Å². The first kappa shape index (κ1) is 13.8. The quantitative estimate of drug-likeness (QED) is 0.885. The van der Waals surface area contributed by atoms with Crippen molar-refractivity contribution in [1.82, 2.24) is 10.3 Å². The maximum Gasteiger partial charge on any atom is 0.128 e. The number of nitrogens with zero attached hydrogens (tertiary/aromatic N) is 2. The summed E-state index contributed by atoms with van der Waals surface area (Å²) >= 11 is 0. The van der Waals surface area contributed by atoms with Crippen LogP contribution in [0.3, 0.4) is 0 Å². The predicted octanol–water partition coefficient (Wildman–Crippen LogP) is 1.94. The van der Waals surface area contributed by atoms with Crippen molar-refractivity contribution in [3.05, 3.63) is 24.4 Å². The first-order chi connectivity index (χ1) is 9.83. The molecule has 0 spiro atoms. The lowest BCUT2D eigenvalue weighted by molar-refractivity contribution is 0.0828. The Kier molecular flexibility index (Phi) is 4.53. The Hall–Kier alpha value is -1.13. The number of hydrogen-bond acceptors (Lipinski definition) is 4.